The van der Waals surface area contributed by atoms with Crippen molar-refractivity contribution in [3.63, 3.8) is 0 Å². The summed E-state index contributed by atoms with van der Waals surface area (Å²) in [5.74, 6) is 0.0948. The van der Waals surface area contributed by atoms with Crippen LogP contribution in [0.15, 0.2) is 42.9 Å². The lowest BCUT2D eigenvalue weighted by Crippen LogP contribution is -2.44. The number of nitrogens with two attached hydrogens (primary N) is 1. The molecule has 0 spiro atoms. The molecule has 15 heteroatoms. The number of rotatable bonds is 10. The van der Waals surface area contributed by atoms with Crippen LogP contribution in [0.3, 0.4) is 0 Å². The van der Waals surface area contributed by atoms with Crippen molar-refractivity contribution >= 4 is 34.7 Å². The van der Waals surface area contributed by atoms with E-state index in [1.165, 1.54) is 39.8 Å². The number of hydrogen-bond donors (Lipinski definition) is 3. The van der Waals surface area contributed by atoms with Crippen molar-refractivity contribution in [1.82, 2.24) is 34.2 Å². The lowest BCUT2D eigenvalue weighted by molar-refractivity contribution is -0.134. The molecule has 1 aliphatic rings. The molecule has 1 aromatic carbocycles. The summed E-state index contributed by atoms with van der Waals surface area (Å²) in [7, 11) is 4.01. The maximum Gasteiger partial charge on any atom is 0.387 e. The molecule has 1 amide bonds. The van der Waals surface area contributed by atoms with Gasteiger partial charge in [0.05, 0.1) is 11.3 Å². The Kier molecular flexibility index (Phi) is 8.75. The number of halogens is 3. The minimum atomic E-state index is -3.10. The summed E-state index contributed by atoms with van der Waals surface area (Å²) >= 11 is 6.22. The van der Waals surface area contributed by atoms with Gasteiger partial charge in [-0.05, 0) is 57.1 Å². The molecule has 4 heterocycles. The number of hydrogen-bond acceptors (Lipinski definition) is 9. The number of amides is 1. The van der Waals surface area contributed by atoms with Crippen LogP contribution in [0.1, 0.15) is 24.6 Å². The van der Waals surface area contributed by atoms with E-state index in [-0.39, 0.29) is 51.6 Å². The number of nitrogen functional groups attached to an aromatic ring is 1. The average molecular weight is 604 g/mol. The number of carbonyl (C=O) groups excluding carboxylic acids is 1. The second-order valence-electron chi connectivity index (χ2n) is 10.5. The van der Waals surface area contributed by atoms with E-state index in [1.807, 2.05) is 19.0 Å². The van der Waals surface area contributed by atoms with Gasteiger partial charge in [0.25, 0.3) is 0 Å². The van der Waals surface area contributed by atoms with Gasteiger partial charge in [-0.1, -0.05) is 11.6 Å². The second kappa shape index (κ2) is 12.5. The summed E-state index contributed by atoms with van der Waals surface area (Å²) in [6.07, 6.45) is 5.21. The third-order valence-electron chi connectivity index (χ3n) is 6.99. The van der Waals surface area contributed by atoms with Crippen LogP contribution >= 0.6 is 11.6 Å². The number of benzene rings is 1. The molecule has 4 N–H and O–H groups in total. The molecular weight excluding hydrogens is 572 g/mol. The van der Waals surface area contributed by atoms with Crippen molar-refractivity contribution in [2.75, 3.05) is 44.8 Å². The molecule has 0 radical (unpaired) electrons. The summed E-state index contributed by atoms with van der Waals surface area (Å²) in [6, 6.07) is 5.81. The molecule has 1 fully saturated rings. The van der Waals surface area contributed by atoms with Crippen LogP contribution < -0.4 is 15.8 Å². The predicted octanol–water partition coefficient (Wildman–Crippen LogP) is 3.33. The zero-order chi connectivity index (χ0) is 30.0. The summed E-state index contributed by atoms with van der Waals surface area (Å²) in [5, 5.41) is 23.1. The van der Waals surface area contributed by atoms with Crippen molar-refractivity contribution in [2.45, 2.75) is 32.2 Å². The topological polar surface area (TPSA) is 139 Å². The summed E-state index contributed by atoms with van der Waals surface area (Å²) in [4.78, 5) is 21.5. The smallest absolute Gasteiger partial charge is 0.387 e. The summed E-state index contributed by atoms with van der Waals surface area (Å²) in [6.45, 7) is -1.05. The number of aromatic nitrogens is 5. The highest BCUT2D eigenvalue weighted by molar-refractivity contribution is 6.31. The van der Waals surface area contributed by atoms with Gasteiger partial charge in [-0.25, -0.2) is 9.50 Å². The summed E-state index contributed by atoms with van der Waals surface area (Å²) < 4.78 is 34.1. The van der Waals surface area contributed by atoms with Crippen molar-refractivity contribution in [3.8, 4) is 17.0 Å². The van der Waals surface area contributed by atoms with Gasteiger partial charge >= 0.3 is 6.61 Å². The molecule has 1 saturated heterocycles. The van der Waals surface area contributed by atoms with E-state index in [0.29, 0.717) is 24.7 Å². The Morgan fingerprint density at radius 2 is 2.14 bits per heavy atom. The Balaban J connectivity index is 1.48. The molecule has 0 aliphatic carbocycles. The predicted molar refractivity (Wildman–Crippen MR) is 153 cm³/mol. The highest BCUT2D eigenvalue weighted by Crippen LogP contribution is 2.38. The fourth-order valence-corrected chi connectivity index (χ4v) is 5.46. The van der Waals surface area contributed by atoms with E-state index in [0.717, 1.165) is 19.4 Å². The van der Waals surface area contributed by atoms with Crippen molar-refractivity contribution in [1.29, 1.82) is 0 Å². The van der Waals surface area contributed by atoms with E-state index >= 15 is 0 Å². The van der Waals surface area contributed by atoms with Gasteiger partial charge in [0, 0.05) is 48.8 Å². The van der Waals surface area contributed by atoms with Crippen LogP contribution in [0.4, 0.5) is 20.3 Å². The van der Waals surface area contributed by atoms with Gasteiger partial charge in [0.2, 0.25) is 5.91 Å². The molecule has 1 aliphatic heterocycles. The standard InChI is InChI=1S/C27H32ClF2N9O3/c1-36(2)12-16-5-3-9-37(13-16)21(40)15-38-14-19(23(34-38)18-11-17(28)6-7-20(18)42-27(29)30)33-26(41)22-24(31)35-39-10-4-8-32-25(22)39/h4,6-8,10-11,14,16,26-27,33,41H,3,5,9,12-13,15H2,1-2H3,(H2,31,35)/t16-,26?/m0/s1. The average Bonchev–Trinajstić information content (AvgIpc) is 3.48. The number of alkyl halides is 2. The normalized spacial score (nSPS) is 16.4. The number of likely N-dealkylation sites (tertiary alicyclic amines) is 1. The monoisotopic (exact) mass is 603 g/mol. The van der Waals surface area contributed by atoms with Crippen LogP contribution in [0.2, 0.25) is 5.02 Å². The molecule has 12 nitrogen and oxygen atoms in total. The Morgan fingerprint density at radius 1 is 1.33 bits per heavy atom. The largest absolute Gasteiger partial charge is 0.434 e. The fourth-order valence-electron chi connectivity index (χ4n) is 5.29. The number of carbonyl (C=O) groups is 1. The first-order chi connectivity index (χ1) is 20.1. The molecule has 2 atom stereocenters. The molecule has 4 aromatic rings. The summed E-state index contributed by atoms with van der Waals surface area (Å²) in [5.41, 5.74) is 7.10. The number of nitrogens with zero attached hydrogens (tertiary/aromatic N) is 7. The van der Waals surface area contributed by atoms with E-state index in [2.05, 4.69) is 25.4 Å². The Labute approximate surface area is 245 Å². The first-order valence-corrected chi connectivity index (χ1v) is 13.7. The number of piperidine rings is 1. The number of aliphatic hydroxyl groups excluding tert-OH is 1. The highest BCUT2D eigenvalue weighted by Gasteiger charge is 2.27. The molecule has 3 aromatic heterocycles. The third kappa shape index (κ3) is 6.55. The zero-order valence-corrected chi connectivity index (χ0v) is 23.9. The highest BCUT2D eigenvalue weighted by atomic mass is 35.5. The Hall–Kier alpha value is -4.01. The quantitative estimate of drug-likeness (QED) is 0.233. The van der Waals surface area contributed by atoms with Crippen LogP contribution in [0, 0.1) is 5.92 Å². The lowest BCUT2D eigenvalue weighted by atomic mass is 9.97. The van der Waals surface area contributed by atoms with Crippen molar-refractivity contribution in [3.05, 3.63) is 53.4 Å². The van der Waals surface area contributed by atoms with Crippen LogP contribution in [-0.4, -0.2) is 85.5 Å². The molecule has 0 saturated carbocycles. The molecule has 0 bridgehead atoms. The fraction of sp³-hybridized carbons (Fsp3) is 0.407. The SMILES string of the molecule is CN(C)C[C@@H]1CCCN(C(=O)Cn2cc(NC(O)c3c(N)nn4cccnc34)c(-c3cc(Cl)ccc3OC(F)F)n2)C1. The number of fused-ring (bicyclic) bond motifs is 1. The molecule has 5 rings (SSSR count). The van der Waals surface area contributed by atoms with E-state index in [1.54, 1.807) is 12.3 Å². The molecular formula is C27H32ClF2N9O3. The molecule has 224 valence electrons. The second-order valence-corrected chi connectivity index (χ2v) is 10.9. The van der Waals surface area contributed by atoms with Gasteiger partial charge in [0.15, 0.2) is 17.7 Å². The molecule has 42 heavy (non-hydrogen) atoms. The minimum absolute atomic E-state index is 0.0414. The van der Waals surface area contributed by atoms with E-state index < -0.39 is 12.8 Å². The van der Waals surface area contributed by atoms with Crippen molar-refractivity contribution < 1.29 is 23.4 Å². The zero-order valence-electron chi connectivity index (χ0n) is 23.1. The van der Waals surface area contributed by atoms with Gasteiger partial charge in [0.1, 0.15) is 18.0 Å². The van der Waals surface area contributed by atoms with Crippen LogP contribution in [-0.2, 0) is 11.3 Å². The number of anilines is 2. The van der Waals surface area contributed by atoms with Gasteiger partial charge < -0.3 is 30.7 Å². The number of ether oxygens (including phenoxy) is 1. The first-order valence-electron chi connectivity index (χ1n) is 13.4. The van der Waals surface area contributed by atoms with Crippen molar-refractivity contribution in [2.24, 2.45) is 5.92 Å². The maximum absolute atomic E-state index is 13.3. The lowest BCUT2D eigenvalue weighted by Gasteiger charge is -2.34. The third-order valence-corrected chi connectivity index (χ3v) is 7.23. The van der Waals surface area contributed by atoms with Gasteiger partial charge in [-0.15, -0.1) is 5.10 Å². The van der Waals surface area contributed by atoms with E-state index in [4.69, 9.17) is 22.1 Å². The van der Waals surface area contributed by atoms with Crippen LogP contribution in [0.25, 0.3) is 16.9 Å². The Bertz CT molecular complexity index is 1560. The van der Waals surface area contributed by atoms with E-state index in [9.17, 15) is 18.7 Å². The first kappa shape index (κ1) is 29.5. The number of aliphatic hydroxyl groups is 1. The molecule has 1 unspecified atom stereocenters. The maximum atomic E-state index is 13.3. The van der Waals surface area contributed by atoms with Crippen LogP contribution in [0.5, 0.6) is 5.75 Å². The minimum Gasteiger partial charge on any atom is -0.434 e. The van der Waals surface area contributed by atoms with Gasteiger partial charge in [-0.2, -0.15) is 13.9 Å². The Morgan fingerprint density at radius 3 is 2.90 bits per heavy atom. The van der Waals surface area contributed by atoms with Gasteiger partial charge in [-0.3, -0.25) is 9.48 Å². The number of nitrogens with one attached hydrogen (secondary N) is 1.